The van der Waals surface area contributed by atoms with Crippen LogP contribution in [0.25, 0.3) is 0 Å². The second-order valence-corrected chi connectivity index (χ2v) is 8.57. The van der Waals surface area contributed by atoms with Crippen molar-refractivity contribution in [2.24, 2.45) is 23.9 Å². The topological polar surface area (TPSA) is 78.2 Å². The number of hydrogen-bond donors (Lipinski definition) is 1. The predicted octanol–water partition coefficient (Wildman–Crippen LogP) is 1.16. The Morgan fingerprint density at radius 2 is 2.10 bits per heavy atom. The van der Waals surface area contributed by atoms with Gasteiger partial charge in [0.15, 0.2) is 5.82 Å². The SMILES string of the molecule is CC1CN(Cc2ccnn2C)CC1C1=NC2=CN(C3CCOCC3)CN2C(=O)N1. The highest BCUT2D eigenvalue weighted by Crippen LogP contribution is 2.30. The molecular formula is C20H29N7O2. The molecule has 5 rings (SSSR count). The van der Waals surface area contributed by atoms with Gasteiger partial charge in [-0.3, -0.25) is 19.8 Å². The smallest absolute Gasteiger partial charge is 0.329 e. The van der Waals surface area contributed by atoms with Crippen molar-refractivity contribution in [3.05, 3.63) is 30.0 Å². The average molecular weight is 399 g/mol. The minimum absolute atomic E-state index is 0.0619. The van der Waals surface area contributed by atoms with Gasteiger partial charge in [0.2, 0.25) is 0 Å². The van der Waals surface area contributed by atoms with Crippen LogP contribution in [0.1, 0.15) is 25.5 Å². The summed E-state index contributed by atoms with van der Waals surface area (Å²) in [4.78, 5) is 24.1. The molecule has 4 aliphatic rings. The van der Waals surface area contributed by atoms with Gasteiger partial charge in [0.1, 0.15) is 12.5 Å². The molecule has 0 spiro atoms. The van der Waals surface area contributed by atoms with Crippen molar-refractivity contribution < 1.29 is 9.53 Å². The summed E-state index contributed by atoms with van der Waals surface area (Å²) in [5.41, 5.74) is 1.20. The van der Waals surface area contributed by atoms with Gasteiger partial charge in [-0.2, -0.15) is 5.10 Å². The van der Waals surface area contributed by atoms with E-state index in [1.54, 1.807) is 4.90 Å². The van der Waals surface area contributed by atoms with E-state index in [-0.39, 0.29) is 11.9 Å². The van der Waals surface area contributed by atoms with Gasteiger partial charge >= 0.3 is 6.03 Å². The van der Waals surface area contributed by atoms with Gasteiger partial charge in [-0.05, 0) is 24.8 Å². The van der Waals surface area contributed by atoms with E-state index in [9.17, 15) is 4.79 Å². The Kier molecular flexibility index (Phi) is 4.79. The Morgan fingerprint density at radius 3 is 2.86 bits per heavy atom. The molecule has 29 heavy (non-hydrogen) atoms. The van der Waals surface area contributed by atoms with E-state index in [1.807, 2.05) is 17.9 Å². The molecule has 2 saturated heterocycles. The minimum atomic E-state index is -0.0619. The number of aliphatic imine (C=N–C) groups is 1. The van der Waals surface area contributed by atoms with Crippen molar-refractivity contribution in [1.29, 1.82) is 0 Å². The Balaban J connectivity index is 1.30. The summed E-state index contributed by atoms with van der Waals surface area (Å²) in [6, 6.07) is 2.42. The maximum absolute atomic E-state index is 12.8. The molecule has 9 nitrogen and oxygen atoms in total. The van der Waals surface area contributed by atoms with Gasteiger partial charge in [-0.15, -0.1) is 0 Å². The summed E-state index contributed by atoms with van der Waals surface area (Å²) in [5, 5.41) is 7.34. The normalized spacial score (nSPS) is 28.4. The van der Waals surface area contributed by atoms with Gasteiger partial charge in [0.05, 0.1) is 5.69 Å². The third-order valence-corrected chi connectivity index (χ3v) is 6.58. The summed E-state index contributed by atoms with van der Waals surface area (Å²) >= 11 is 0. The second kappa shape index (κ2) is 7.46. The van der Waals surface area contributed by atoms with E-state index in [0.717, 1.165) is 57.3 Å². The van der Waals surface area contributed by atoms with E-state index in [2.05, 4.69) is 39.4 Å². The number of nitrogens with one attached hydrogen (secondary N) is 1. The number of aryl methyl sites for hydroxylation is 1. The van der Waals surface area contributed by atoms with Gasteiger partial charge in [-0.25, -0.2) is 9.79 Å². The van der Waals surface area contributed by atoms with E-state index in [4.69, 9.17) is 9.73 Å². The van der Waals surface area contributed by atoms with Gasteiger partial charge in [0.25, 0.3) is 0 Å². The van der Waals surface area contributed by atoms with Crippen LogP contribution in [-0.4, -0.2) is 75.4 Å². The fourth-order valence-corrected chi connectivity index (χ4v) is 4.83. The summed E-state index contributed by atoms with van der Waals surface area (Å²) in [5.74, 6) is 2.24. The fraction of sp³-hybridized carbons (Fsp3) is 0.650. The first-order valence-corrected chi connectivity index (χ1v) is 10.5. The molecule has 2 fully saturated rings. The Labute approximate surface area is 171 Å². The van der Waals surface area contributed by atoms with E-state index < -0.39 is 0 Å². The van der Waals surface area contributed by atoms with Crippen molar-refractivity contribution in [2.45, 2.75) is 32.4 Å². The number of nitrogens with zero attached hydrogens (tertiary/aromatic N) is 6. The van der Waals surface area contributed by atoms with Crippen LogP contribution < -0.4 is 5.32 Å². The molecule has 4 aliphatic heterocycles. The summed E-state index contributed by atoms with van der Waals surface area (Å²) in [6.45, 7) is 7.14. The van der Waals surface area contributed by atoms with Crippen LogP contribution in [0, 0.1) is 11.8 Å². The Morgan fingerprint density at radius 1 is 1.28 bits per heavy atom. The number of hydrogen-bond acceptors (Lipinski definition) is 6. The lowest BCUT2D eigenvalue weighted by Crippen LogP contribution is -2.50. The number of fused-ring (bicyclic) bond motifs is 1. The summed E-state index contributed by atoms with van der Waals surface area (Å²) in [7, 11) is 1.98. The van der Waals surface area contributed by atoms with Crippen LogP contribution >= 0.6 is 0 Å². The van der Waals surface area contributed by atoms with Crippen LogP contribution in [0.2, 0.25) is 0 Å². The number of urea groups is 1. The maximum Gasteiger partial charge on any atom is 0.329 e. The van der Waals surface area contributed by atoms with Crippen LogP contribution in [0.15, 0.2) is 29.3 Å². The largest absolute Gasteiger partial charge is 0.381 e. The molecule has 0 radical (unpaired) electrons. The van der Waals surface area contributed by atoms with E-state index in [1.165, 1.54) is 5.69 Å². The number of likely N-dealkylation sites (tertiary alicyclic amines) is 1. The average Bonchev–Trinajstić information content (AvgIpc) is 3.42. The lowest BCUT2D eigenvalue weighted by Gasteiger charge is -2.32. The molecule has 2 unspecified atom stereocenters. The lowest BCUT2D eigenvalue weighted by molar-refractivity contribution is 0.0459. The molecule has 1 aromatic heterocycles. The molecule has 2 amide bonds. The zero-order chi connectivity index (χ0) is 20.0. The number of amides is 2. The zero-order valence-electron chi connectivity index (χ0n) is 17.1. The molecular weight excluding hydrogens is 370 g/mol. The first kappa shape index (κ1) is 18.6. The highest BCUT2D eigenvalue weighted by molar-refractivity contribution is 6.02. The number of carbonyl (C=O) groups is 1. The van der Waals surface area contributed by atoms with Gasteiger partial charge < -0.3 is 9.64 Å². The van der Waals surface area contributed by atoms with Crippen molar-refractivity contribution >= 4 is 11.9 Å². The van der Waals surface area contributed by atoms with Crippen molar-refractivity contribution in [2.75, 3.05) is 33.0 Å². The highest BCUT2D eigenvalue weighted by atomic mass is 16.5. The molecule has 2 atom stereocenters. The quantitative estimate of drug-likeness (QED) is 0.822. The van der Waals surface area contributed by atoms with Crippen LogP contribution in [0.3, 0.4) is 0 Å². The highest BCUT2D eigenvalue weighted by Gasteiger charge is 2.40. The molecule has 0 saturated carbocycles. The fourth-order valence-electron chi connectivity index (χ4n) is 4.83. The first-order chi connectivity index (χ1) is 14.1. The molecule has 1 N–H and O–H groups in total. The van der Waals surface area contributed by atoms with Crippen molar-refractivity contribution in [3.63, 3.8) is 0 Å². The van der Waals surface area contributed by atoms with Gasteiger partial charge in [-0.1, -0.05) is 6.92 Å². The summed E-state index contributed by atoms with van der Waals surface area (Å²) in [6.07, 6.45) is 5.89. The van der Waals surface area contributed by atoms with Gasteiger partial charge in [0, 0.05) is 64.3 Å². The third-order valence-electron chi connectivity index (χ3n) is 6.58. The first-order valence-electron chi connectivity index (χ1n) is 10.5. The Hall–Kier alpha value is -2.39. The number of aromatic nitrogens is 2. The molecule has 5 heterocycles. The predicted molar refractivity (Wildman–Crippen MR) is 108 cm³/mol. The number of carbonyl (C=O) groups excluding carboxylic acids is 1. The molecule has 0 bridgehead atoms. The van der Waals surface area contributed by atoms with Crippen LogP contribution in [0.5, 0.6) is 0 Å². The second-order valence-electron chi connectivity index (χ2n) is 8.57. The molecule has 1 aromatic rings. The minimum Gasteiger partial charge on any atom is -0.381 e. The number of ether oxygens (including phenoxy) is 1. The molecule has 0 aliphatic carbocycles. The molecule has 9 heteroatoms. The van der Waals surface area contributed by atoms with E-state index in [0.29, 0.717) is 18.6 Å². The van der Waals surface area contributed by atoms with Crippen LogP contribution in [-0.2, 0) is 18.3 Å². The standard InChI is InChI=1S/C20H29N7O2/c1-14-9-25(10-16-3-6-21-24(16)2)11-17(14)19-22-18-12-26(13-27(18)20(28)23-19)15-4-7-29-8-5-15/h3,6,12,14-15,17H,4-5,7-11,13H2,1-2H3,(H,22,23,28). The third kappa shape index (κ3) is 3.53. The maximum atomic E-state index is 12.8. The monoisotopic (exact) mass is 399 g/mol. The Bertz CT molecular complexity index is 842. The van der Waals surface area contributed by atoms with Crippen molar-refractivity contribution in [1.82, 2.24) is 29.8 Å². The van der Waals surface area contributed by atoms with Crippen molar-refractivity contribution in [3.8, 4) is 0 Å². The summed E-state index contributed by atoms with van der Waals surface area (Å²) < 4.78 is 7.39. The zero-order valence-corrected chi connectivity index (χ0v) is 17.1. The van der Waals surface area contributed by atoms with Crippen LogP contribution in [0.4, 0.5) is 4.79 Å². The molecule has 0 aromatic carbocycles. The number of amidine groups is 1. The van der Waals surface area contributed by atoms with E-state index >= 15 is 0 Å². The number of rotatable bonds is 4. The molecule has 156 valence electrons. The lowest BCUT2D eigenvalue weighted by atomic mass is 9.96.